The molecule has 0 aromatic rings. The lowest BCUT2D eigenvalue weighted by Crippen LogP contribution is -3.19. The molecule has 0 bridgehead atoms. The summed E-state index contributed by atoms with van der Waals surface area (Å²) in [5.41, 5.74) is 0.351. The third-order valence-corrected chi connectivity index (χ3v) is 4.98. The van der Waals surface area contributed by atoms with E-state index in [0.29, 0.717) is 17.7 Å². The monoisotopic (exact) mass is 320 g/mol. The van der Waals surface area contributed by atoms with E-state index in [9.17, 15) is 4.79 Å². The van der Waals surface area contributed by atoms with E-state index in [1.54, 1.807) is 0 Å². The van der Waals surface area contributed by atoms with Crippen LogP contribution in [0.2, 0.25) is 0 Å². The number of carbonyl (C=O) groups is 1. The van der Waals surface area contributed by atoms with Crippen LogP contribution < -0.4 is 5.06 Å². The van der Waals surface area contributed by atoms with Gasteiger partial charge in [0.25, 0.3) is 0 Å². The molecule has 0 aliphatic heterocycles. The summed E-state index contributed by atoms with van der Waals surface area (Å²) in [5, 5.41) is 1.03. The first-order chi connectivity index (χ1) is 11.2. The largest absolute Gasteiger partial charge is 0.395 e. The fraction of sp³-hybridized carbons (Fsp3) is 0.737. The van der Waals surface area contributed by atoms with Gasteiger partial charge in [-0.25, -0.2) is 4.79 Å². The van der Waals surface area contributed by atoms with Crippen molar-refractivity contribution >= 4 is 5.97 Å². The maximum absolute atomic E-state index is 12.4. The predicted octanol–water partition coefficient (Wildman–Crippen LogP) is 2.20. The first-order valence-electron chi connectivity index (χ1n) is 9.00. The molecule has 0 atom stereocenters. The number of hydrogen-bond donors (Lipinski definition) is 1. The van der Waals surface area contributed by atoms with Crippen molar-refractivity contribution in [1.82, 2.24) is 0 Å². The van der Waals surface area contributed by atoms with Crippen molar-refractivity contribution in [1.29, 1.82) is 0 Å². The molecule has 4 heteroatoms. The van der Waals surface area contributed by atoms with E-state index >= 15 is 0 Å². The molecule has 2 fully saturated rings. The minimum Gasteiger partial charge on any atom is -0.364 e. The Labute approximate surface area is 140 Å². The van der Waals surface area contributed by atoms with Crippen LogP contribution >= 0.6 is 0 Å². The second-order valence-electron chi connectivity index (χ2n) is 6.76. The van der Waals surface area contributed by atoms with Crippen LogP contribution in [0.15, 0.2) is 12.2 Å². The molecule has 2 aliphatic carbocycles. The fourth-order valence-electron chi connectivity index (χ4n) is 3.75. The maximum Gasteiger partial charge on any atom is 0.395 e. The van der Waals surface area contributed by atoms with Crippen molar-refractivity contribution < 1.29 is 19.4 Å². The molecule has 128 valence electrons. The molecular formula is C19H30NO3+. The van der Waals surface area contributed by atoms with Crippen molar-refractivity contribution in [2.45, 2.75) is 76.3 Å². The molecule has 2 rings (SSSR count). The van der Waals surface area contributed by atoms with Gasteiger partial charge in [-0.15, -0.1) is 11.5 Å². The van der Waals surface area contributed by atoms with Gasteiger partial charge in [0, 0.05) is 25.7 Å². The lowest BCUT2D eigenvalue weighted by molar-refractivity contribution is -1.11. The van der Waals surface area contributed by atoms with Gasteiger partial charge < -0.3 is 4.74 Å². The quantitative estimate of drug-likeness (QED) is 0.338. The molecule has 0 amide bonds. The topological polar surface area (TPSA) is 40.0 Å². The first kappa shape index (κ1) is 18.0. The molecule has 0 unspecified atom stereocenters. The van der Waals surface area contributed by atoms with Gasteiger partial charge in [-0.3, -0.25) is 4.84 Å². The molecule has 23 heavy (non-hydrogen) atoms. The first-order valence-corrected chi connectivity index (χ1v) is 9.00. The van der Waals surface area contributed by atoms with Crippen molar-refractivity contribution in [3.05, 3.63) is 12.2 Å². The smallest absolute Gasteiger partial charge is 0.364 e. The van der Waals surface area contributed by atoms with Crippen LogP contribution in [-0.2, 0) is 14.4 Å². The summed E-state index contributed by atoms with van der Waals surface area (Å²) in [5.74, 6) is 2.05. The van der Waals surface area contributed by atoms with Crippen LogP contribution in [0.4, 0.5) is 0 Å². The van der Waals surface area contributed by atoms with Crippen LogP contribution in [0.25, 0.3) is 0 Å². The van der Waals surface area contributed by atoms with Gasteiger partial charge in [-0.1, -0.05) is 25.3 Å². The highest BCUT2D eigenvalue weighted by Gasteiger charge is 2.36. The predicted molar refractivity (Wildman–Crippen MR) is 89.6 cm³/mol. The fourth-order valence-corrected chi connectivity index (χ4v) is 3.75. The summed E-state index contributed by atoms with van der Waals surface area (Å²) < 4.78 is 5.19. The van der Waals surface area contributed by atoms with Crippen molar-refractivity contribution in [2.75, 3.05) is 13.2 Å². The number of ether oxygens (including phenoxy) is 1. The van der Waals surface area contributed by atoms with Crippen molar-refractivity contribution in [3.63, 3.8) is 0 Å². The van der Waals surface area contributed by atoms with Gasteiger partial charge in [-0.05, 0) is 25.7 Å². The van der Waals surface area contributed by atoms with E-state index in [0.717, 1.165) is 30.7 Å². The van der Waals surface area contributed by atoms with Gasteiger partial charge in [0.1, 0.15) is 18.7 Å². The average molecular weight is 320 g/mol. The van der Waals surface area contributed by atoms with Gasteiger partial charge in [0.2, 0.25) is 0 Å². The maximum atomic E-state index is 12.4. The van der Waals surface area contributed by atoms with Gasteiger partial charge in [0.05, 0.1) is 12.2 Å². The standard InChI is InChI=1S/C19H29NO3/c1-3-14-22-15-16(2)19(21)23-20(17-10-6-4-7-11-17)18-12-8-5-9-13-18/h1,17-18H,2,4-15H2/p+1. The number of terminal acetylenes is 1. The van der Waals surface area contributed by atoms with Crippen LogP contribution in [0.1, 0.15) is 64.2 Å². The highest BCUT2D eigenvalue weighted by Crippen LogP contribution is 2.20. The Kier molecular flexibility index (Phi) is 7.64. The van der Waals surface area contributed by atoms with Crippen LogP contribution in [-0.4, -0.2) is 31.3 Å². The number of quaternary nitrogens is 1. The van der Waals surface area contributed by atoms with Crippen molar-refractivity contribution in [2.24, 2.45) is 0 Å². The molecule has 2 aliphatic rings. The molecule has 0 radical (unpaired) electrons. The minimum atomic E-state index is -0.340. The summed E-state index contributed by atoms with van der Waals surface area (Å²) in [7, 11) is 0. The highest BCUT2D eigenvalue weighted by molar-refractivity contribution is 5.87. The zero-order valence-electron chi connectivity index (χ0n) is 14.1. The van der Waals surface area contributed by atoms with Gasteiger partial charge in [0.15, 0.2) is 0 Å². The van der Waals surface area contributed by atoms with Crippen LogP contribution in [0.5, 0.6) is 0 Å². The van der Waals surface area contributed by atoms with E-state index in [1.165, 1.54) is 38.5 Å². The van der Waals surface area contributed by atoms with Crippen LogP contribution in [0, 0.1) is 12.3 Å². The summed E-state index contributed by atoms with van der Waals surface area (Å²) in [6.45, 7) is 4.12. The zero-order chi connectivity index (χ0) is 16.5. The van der Waals surface area contributed by atoms with Crippen LogP contribution in [0.3, 0.4) is 0 Å². The van der Waals surface area contributed by atoms with Gasteiger partial charge in [-0.2, -0.15) is 0 Å². The molecule has 1 N–H and O–H groups in total. The summed E-state index contributed by atoms with van der Waals surface area (Å²) in [6, 6.07) is 0.880. The molecule has 2 saturated carbocycles. The molecule has 0 spiro atoms. The molecule has 4 nitrogen and oxygen atoms in total. The number of rotatable bonds is 7. The highest BCUT2D eigenvalue weighted by atomic mass is 16.7. The Morgan fingerprint density at radius 1 is 1.04 bits per heavy atom. The summed E-state index contributed by atoms with van der Waals surface area (Å²) >= 11 is 0. The van der Waals surface area contributed by atoms with E-state index in [-0.39, 0.29) is 19.2 Å². The summed E-state index contributed by atoms with van der Waals surface area (Å²) in [4.78, 5) is 18.2. The molecule has 0 aromatic heterocycles. The third kappa shape index (κ3) is 5.67. The zero-order valence-corrected chi connectivity index (χ0v) is 14.1. The molecule has 0 saturated heterocycles. The molecule has 0 aromatic carbocycles. The van der Waals surface area contributed by atoms with E-state index in [1.807, 2.05) is 0 Å². The second kappa shape index (κ2) is 9.75. The summed E-state index contributed by atoms with van der Waals surface area (Å²) in [6.07, 6.45) is 17.3. The lowest BCUT2D eigenvalue weighted by Gasteiger charge is -2.35. The normalized spacial score (nSPS) is 20.2. The Bertz CT molecular complexity index is 410. The Balaban J connectivity index is 1.94. The Hall–Kier alpha value is -1.31. The van der Waals surface area contributed by atoms with E-state index in [2.05, 4.69) is 12.5 Å². The lowest BCUT2D eigenvalue weighted by atomic mass is 9.90. The SMILES string of the molecule is C#CCOCC(=C)C(=O)O[NH+](C1CCCCC1)C1CCCCC1. The second-order valence-corrected chi connectivity index (χ2v) is 6.76. The molecule has 0 heterocycles. The number of hydroxylamine groups is 2. The average Bonchev–Trinajstić information content (AvgIpc) is 2.61. The van der Waals surface area contributed by atoms with Crippen molar-refractivity contribution in [3.8, 4) is 12.3 Å². The Morgan fingerprint density at radius 2 is 1.57 bits per heavy atom. The Morgan fingerprint density at radius 3 is 2.04 bits per heavy atom. The molecular weight excluding hydrogens is 290 g/mol. The van der Waals surface area contributed by atoms with Gasteiger partial charge >= 0.3 is 5.97 Å². The van der Waals surface area contributed by atoms with E-state index in [4.69, 9.17) is 16.0 Å². The van der Waals surface area contributed by atoms with E-state index < -0.39 is 0 Å². The number of carbonyl (C=O) groups excluding carboxylic acids is 1. The third-order valence-electron chi connectivity index (χ3n) is 4.98. The number of nitrogens with one attached hydrogen (secondary N) is 1. The number of hydrogen-bond acceptors (Lipinski definition) is 3. The minimum absolute atomic E-state index is 0.144.